The molecule has 0 aliphatic heterocycles. The average Bonchev–Trinajstić information content (AvgIpc) is 2.91. The lowest BCUT2D eigenvalue weighted by Gasteiger charge is -2.13. The van der Waals surface area contributed by atoms with Gasteiger partial charge in [0.15, 0.2) is 0 Å². The molecule has 0 amide bonds. The molecule has 0 saturated heterocycles. The van der Waals surface area contributed by atoms with Crippen molar-refractivity contribution in [1.29, 1.82) is 5.26 Å². The first-order chi connectivity index (χ1) is 10.6. The van der Waals surface area contributed by atoms with Crippen LogP contribution in [0.3, 0.4) is 0 Å². The van der Waals surface area contributed by atoms with Crippen LogP contribution >= 0.6 is 0 Å². The molecular formula is C17H15FN4. The molecule has 2 N–H and O–H groups in total. The second kappa shape index (κ2) is 5.58. The lowest BCUT2D eigenvalue weighted by Crippen LogP contribution is -2.13. The van der Waals surface area contributed by atoms with Crippen LogP contribution in [0, 0.1) is 17.1 Å². The summed E-state index contributed by atoms with van der Waals surface area (Å²) >= 11 is 0. The van der Waals surface area contributed by atoms with Gasteiger partial charge in [-0.2, -0.15) is 5.26 Å². The number of hydrogen-bond donors (Lipinski definition) is 1. The van der Waals surface area contributed by atoms with Gasteiger partial charge in [0.1, 0.15) is 11.6 Å². The Morgan fingerprint density at radius 3 is 2.64 bits per heavy atom. The Bertz CT molecular complexity index is 860. The molecule has 0 saturated carbocycles. The van der Waals surface area contributed by atoms with Gasteiger partial charge in [-0.3, -0.25) is 4.57 Å². The summed E-state index contributed by atoms with van der Waals surface area (Å²) in [5.41, 5.74) is 8.49. The average molecular weight is 294 g/mol. The number of nitriles is 1. The lowest BCUT2D eigenvalue weighted by molar-refractivity contribution is 0.617. The Morgan fingerprint density at radius 1 is 1.27 bits per heavy atom. The lowest BCUT2D eigenvalue weighted by atomic mass is 10.1. The molecule has 0 aliphatic rings. The number of imidazole rings is 1. The first-order valence-corrected chi connectivity index (χ1v) is 7.01. The minimum Gasteiger partial charge on any atom is -0.322 e. The van der Waals surface area contributed by atoms with Crippen molar-refractivity contribution in [2.24, 2.45) is 5.73 Å². The number of aromatic nitrogens is 2. The summed E-state index contributed by atoms with van der Waals surface area (Å²) in [7, 11) is 0. The molecule has 110 valence electrons. The van der Waals surface area contributed by atoms with Crippen molar-refractivity contribution in [2.75, 3.05) is 0 Å². The molecule has 1 aromatic heterocycles. The van der Waals surface area contributed by atoms with Crippen molar-refractivity contribution in [3.05, 3.63) is 59.7 Å². The van der Waals surface area contributed by atoms with E-state index in [4.69, 9.17) is 11.0 Å². The Labute approximate surface area is 127 Å². The molecule has 22 heavy (non-hydrogen) atoms. The molecular weight excluding hydrogens is 279 g/mol. The fraction of sp³-hybridized carbons (Fsp3) is 0.176. The normalized spacial score (nSPS) is 12.3. The SMILES string of the molecule is CC(N)c1nc2ccc(F)c(CC#N)c2n1-c1ccccc1. The molecule has 0 aliphatic carbocycles. The third kappa shape index (κ3) is 2.24. The van der Waals surface area contributed by atoms with E-state index in [0.29, 0.717) is 22.4 Å². The standard InChI is InChI=1S/C17H15FN4/c1-11(20)17-21-15-8-7-14(18)13(9-10-19)16(15)22(17)12-5-3-2-4-6-12/h2-8,11H,9,20H2,1H3. The monoisotopic (exact) mass is 294 g/mol. The van der Waals surface area contributed by atoms with Gasteiger partial charge in [-0.25, -0.2) is 9.37 Å². The van der Waals surface area contributed by atoms with Gasteiger partial charge in [-0.05, 0) is 31.2 Å². The summed E-state index contributed by atoms with van der Waals surface area (Å²) in [4.78, 5) is 4.53. The maximum absolute atomic E-state index is 14.2. The van der Waals surface area contributed by atoms with Crippen molar-refractivity contribution in [2.45, 2.75) is 19.4 Å². The third-order valence-corrected chi connectivity index (χ3v) is 3.57. The predicted octanol–water partition coefficient (Wildman–Crippen LogP) is 3.25. The van der Waals surface area contributed by atoms with E-state index in [9.17, 15) is 4.39 Å². The summed E-state index contributed by atoms with van der Waals surface area (Å²) in [5, 5.41) is 9.01. The maximum atomic E-state index is 14.2. The van der Waals surface area contributed by atoms with Crippen LogP contribution in [0.1, 0.15) is 24.4 Å². The number of para-hydroxylation sites is 1. The number of nitrogens with zero attached hydrogens (tertiary/aromatic N) is 3. The third-order valence-electron chi connectivity index (χ3n) is 3.57. The second-order valence-corrected chi connectivity index (χ2v) is 5.16. The van der Waals surface area contributed by atoms with Crippen LogP contribution in [0.5, 0.6) is 0 Å². The first-order valence-electron chi connectivity index (χ1n) is 7.01. The molecule has 2 aromatic carbocycles. The zero-order valence-corrected chi connectivity index (χ0v) is 12.1. The molecule has 0 fully saturated rings. The maximum Gasteiger partial charge on any atom is 0.131 e. The Hall–Kier alpha value is -2.71. The van der Waals surface area contributed by atoms with E-state index in [-0.39, 0.29) is 12.5 Å². The minimum absolute atomic E-state index is 0.0138. The zero-order valence-electron chi connectivity index (χ0n) is 12.1. The molecule has 3 aromatic rings. The number of nitrogens with two attached hydrogens (primary N) is 1. The van der Waals surface area contributed by atoms with Crippen LogP contribution in [-0.2, 0) is 6.42 Å². The highest BCUT2D eigenvalue weighted by molar-refractivity contribution is 5.82. The molecule has 0 spiro atoms. The number of halogens is 1. The van der Waals surface area contributed by atoms with Crippen molar-refractivity contribution in [1.82, 2.24) is 9.55 Å². The second-order valence-electron chi connectivity index (χ2n) is 5.16. The molecule has 5 heteroatoms. The van der Waals surface area contributed by atoms with Crippen LogP contribution in [0.25, 0.3) is 16.7 Å². The summed E-state index contributed by atoms with van der Waals surface area (Å²) < 4.78 is 16.0. The van der Waals surface area contributed by atoms with Crippen molar-refractivity contribution >= 4 is 11.0 Å². The van der Waals surface area contributed by atoms with Gasteiger partial charge < -0.3 is 5.73 Å². The van der Waals surface area contributed by atoms with Crippen molar-refractivity contribution < 1.29 is 4.39 Å². The summed E-state index contributed by atoms with van der Waals surface area (Å²) in [6.07, 6.45) is -0.0138. The van der Waals surface area contributed by atoms with E-state index in [2.05, 4.69) is 4.98 Å². The van der Waals surface area contributed by atoms with Crippen LogP contribution in [0.4, 0.5) is 4.39 Å². The number of rotatable bonds is 3. The van der Waals surface area contributed by atoms with E-state index in [1.807, 2.05) is 47.9 Å². The topological polar surface area (TPSA) is 67.6 Å². The van der Waals surface area contributed by atoms with Crippen LogP contribution in [0.15, 0.2) is 42.5 Å². The smallest absolute Gasteiger partial charge is 0.131 e. The first kappa shape index (κ1) is 14.2. The van der Waals surface area contributed by atoms with Gasteiger partial charge in [0.25, 0.3) is 0 Å². The molecule has 4 nitrogen and oxygen atoms in total. The summed E-state index contributed by atoms with van der Waals surface area (Å²) in [6.45, 7) is 1.83. The van der Waals surface area contributed by atoms with Gasteiger partial charge in [0.2, 0.25) is 0 Å². The number of benzene rings is 2. The quantitative estimate of drug-likeness (QED) is 0.806. The van der Waals surface area contributed by atoms with E-state index in [1.54, 1.807) is 6.07 Å². The number of fused-ring (bicyclic) bond motifs is 1. The highest BCUT2D eigenvalue weighted by atomic mass is 19.1. The highest BCUT2D eigenvalue weighted by Crippen LogP contribution is 2.29. The molecule has 3 rings (SSSR count). The minimum atomic E-state index is -0.401. The number of hydrogen-bond acceptors (Lipinski definition) is 3. The van der Waals surface area contributed by atoms with Gasteiger partial charge in [0, 0.05) is 11.3 Å². The van der Waals surface area contributed by atoms with E-state index < -0.39 is 5.82 Å². The fourth-order valence-corrected chi connectivity index (χ4v) is 2.62. The van der Waals surface area contributed by atoms with E-state index >= 15 is 0 Å². The largest absolute Gasteiger partial charge is 0.322 e. The van der Waals surface area contributed by atoms with Gasteiger partial charge in [-0.15, -0.1) is 0 Å². The van der Waals surface area contributed by atoms with Gasteiger partial charge in [0.05, 0.1) is 29.6 Å². The molecule has 1 heterocycles. The Balaban J connectivity index is 2.43. The summed E-state index contributed by atoms with van der Waals surface area (Å²) in [6, 6.07) is 14.2. The molecule has 0 radical (unpaired) electrons. The fourth-order valence-electron chi connectivity index (χ4n) is 2.62. The summed E-state index contributed by atoms with van der Waals surface area (Å²) in [5.74, 6) is 0.244. The zero-order chi connectivity index (χ0) is 15.7. The van der Waals surface area contributed by atoms with Gasteiger partial charge >= 0.3 is 0 Å². The Kier molecular flexibility index (Phi) is 3.61. The van der Waals surface area contributed by atoms with Crippen molar-refractivity contribution in [3.8, 4) is 11.8 Å². The van der Waals surface area contributed by atoms with E-state index in [0.717, 1.165) is 5.69 Å². The van der Waals surface area contributed by atoms with Crippen LogP contribution in [-0.4, -0.2) is 9.55 Å². The van der Waals surface area contributed by atoms with Crippen LogP contribution < -0.4 is 5.73 Å². The van der Waals surface area contributed by atoms with Crippen LogP contribution in [0.2, 0.25) is 0 Å². The van der Waals surface area contributed by atoms with E-state index in [1.165, 1.54) is 6.07 Å². The van der Waals surface area contributed by atoms with Gasteiger partial charge in [-0.1, -0.05) is 18.2 Å². The molecule has 1 atom stereocenters. The Morgan fingerprint density at radius 2 is 2.00 bits per heavy atom. The predicted molar refractivity (Wildman–Crippen MR) is 82.9 cm³/mol. The highest BCUT2D eigenvalue weighted by Gasteiger charge is 2.20. The molecule has 0 bridgehead atoms. The van der Waals surface area contributed by atoms with Crippen molar-refractivity contribution in [3.63, 3.8) is 0 Å². The molecule has 1 unspecified atom stereocenters.